The Kier molecular flexibility index (Phi) is 5.18. The Balaban J connectivity index is 1.80. The molecule has 0 spiro atoms. The van der Waals surface area contributed by atoms with Crippen LogP contribution in [0.3, 0.4) is 0 Å². The molecule has 0 amide bonds. The van der Waals surface area contributed by atoms with Gasteiger partial charge in [-0.3, -0.25) is 0 Å². The predicted molar refractivity (Wildman–Crippen MR) is 92.0 cm³/mol. The van der Waals surface area contributed by atoms with Crippen molar-refractivity contribution in [2.45, 2.75) is 66.1 Å². The molecule has 3 atom stereocenters. The summed E-state index contributed by atoms with van der Waals surface area (Å²) < 4.78 is 12.2. The lowest BCUT2D eigenvalue weighted by atomic mass is 9.70. The van der Waals surface area contributed by atoms with Gasteiger partial charge in [-0.15, -0.1) is 0 Å². The van der Waals surface area contributed by atoms with E-state index in [2.05, 4.69) is 34.9 Å². The molecule has 2 rings (SSSR count). The summed E-state index contributed by atoms with van der Waals surface area (Å²) in [6, 6.07) is 0. The van der Waals surface area contributed by atoms with Gasteiger partial charge in [0.2, 0.25) is 0 Å². The molecule has 2 aliphatic rings. The molecular formula is C19H36NO3+. The molecule has 2 bridgehead atoms. The van der Waals surface area contributed by atoms with Crippen molar-refractivity contribution in [3.8, 4) is 0 Å². The molecule has 0 aromatic heterocycles. The zero-order valence-electron chi connectivity index (χ0n) is 16.1. The van der Waals surface area contributed by atoms with Crippen LogP contribution in [-0.2, 0) is 14.3 Å². The normalized spacial score (nSPS) is 32.5. The van der Waals surface area contributed by atoms with E-state index in [4.69, 9.17) is 9.47 Å². The van der Waals surface area contributed by atoms with E-state index in [0.717, 1.165) is 12.5 Å². The molecule has 0 aromatic carbocycles. The van der Waals surface area contributed by atoms with Crippen LogP contribution in [0.5, 0.6) is 0 Å². The summed E-state index contributed by atoms with van der Waals surface area (Å²) >= 11 is 0. The summed E-state index contributed by atoms with van der Waals surface area (Å²) in [7, 11) is 4.13. The van der Waals surface area contributed by atoms with E-state index < -0.39 is 0 Å². The summed E-state index contributed by atoms with van der Waals surface area (Å²) in [5.74, 6) is 0.680. The number of fused-ring (bicyclic) bond motifs is 2. The van der Waals surface area contributed by atoms with Gasteiger partial charge in [0.25, 0.3) is 0 Å². The zero-order valence-corrected chi connectivity index (χ0v) is 16.1. The first-order valence-corrected chi connectivity index (χ1v) is 9.11. The third kappa shape index (κ3) is 3.74. The minimum Gasteiger partial charge on any atom is -0.459 e. The highest BCUT2D eigenvalue weighted by atomic mass is 16.5. The number of hydrogen-bond donors (Lipinski definition) is 0. The van der Waals surface area contributed by atoms with Crippen LogP contribution < -0.4 is 0 Å². The quantitative estimate of drug-likeness (QED) is 0.532. The lowest BCUT2D eigenvalue weighted by molar-refractivity contribution is -0.883. The van der Waals surface area contributed by atoms with Gasteiger partial charge in [0.05, 0.1) is 32.9 Å². The number of esters is 1. The number of quaternary nitrogens is 1. The van der Waals surface area contributed by atoms with E-state index in [-0.39, 0.29) is 12.1 Å². The van der Waals surface area contributed by atoms with Crippen molar-refractivity contribution in [1.29, 1.82) is 0 Å². The molecule has 0 radical (unpaired) electrons. The largest absolute Gasteiger partial charge is 0.459 e. The lowest BCUT2D eigenvalue weighted by Crippen LogP contribution is -2.47. The standard InChI is InChI=1S/C19H36NO3/c1-14(2)23-17(21)13-20(6,7)10-11-22-16-12-15-8-9-19(16,5)18(15,3)4/h14-16H,8-13H2,1-7H3/q+1/t15-,16-,19+/m1/s1. The summed E-state index contributed by atoms with van der Waals surface area (Å²) in [6.07, 6.45) is 4.17. The molecule has 0 aromatic rings. The Bertz CT molecular complexity index is 444. The molecular weight excluding hydrogens is 290 g/mol. The highest BCUT2D eigenvalue weighted by Crippen LogP contribution is 2.66. The van der Waals surface area contributed by atoms with Gasteiger partial charge in [0.1, 0.15) is 6.54 Å². The monoisotopic (exact) mass is 326 g/mol. The minimum atomic E-state index is -0.127. The molecule has 4 heteroatoms. The fourth-order valence-corrected chi connectivity index (χ4v) is 4.55. The van der Waals surface area contributed by atoms with E-state index >= 15 is 0 Å². The Morgan fingerprint density at radius 2 is 1.91 bits per heavy atom. The molecule has 2 fully saturated rings. The maximum atomic E-state index is 11.9. The van der Waals surface area contributed by atoms with Gasteiger partial charge in [-0.2, -0.15) is 0 Å². The van der Waals surface area contributed by atoms with E-state index in [1.54, 1.807) is 0 Å². The Labute approximate surface area is 142 Å². The summed E-state index contributed by atoms with van der Waals surface area (Å²) in [4.78, 5) is 11.9. The summed E-state index contributed by atoms with van der Waals surface area (Å²) in [5, 5.41) is 0. The van der Waals surface area contributed by atoms with Crippen LogP contribution in [0.4, 0.5) is 0 Å². The average molecular weight is 327 g/mol. The number of carbonyl (C=O) groups excluding carboxylic acids is 1. The second kappa shape index (κ2) is 6.36. The average Bonchev–Trinajstić information content (AvgIpc) is 2.69. The van der Waals surface area contributed by atoms with Crippen molar-refractivity contribution in [2.24, 2.45) is 16.7 Å². The fraction of sp³-hybridized carbons (Fsp3) is 0.947. The maximum Gasteiger partial charge on any atom is 0.362 e. The van der Waals surface area contributed by atoms with Crippen molar-refractivity contribution < 1.29 is 18.8 Å². The number of hydrogen-bond acceptors (Lipinski definition) is 3. The Morgan fingerprint density at radius 1 is 1.26 bits per heavy atom. The van der Waals surface area contributed by atoms with Crippen LogP contribution in [0.1, 0.15) is 53.9 Å². The smallest absolute Gasteiger partial charge is 0.362 e. The van der Waals surface area contributed by atoms with Crippen molar-refractivity contribution in [3.63, 3.8) is 0 Å². The molecule has 0 aliphatic heterocycles. The molecule has 4 nitrogen and oxygen atoms in total. The van der Waals surface area contributed by atoms with Crippen LogP contribution in [0, 0.1) is 16.7 Å². The highest BCUT2D eigenvalue weighted by Gasteiger charge is 2.61. The van der Waals surface area contributed by atoms with Crippen molar-refractivity contribution in [2.75, 3.05) is 33.8 Å². The Morgan fingerprint density at radius 3 is 2.39 bits per heavy atom. The zero-order chi connectivity index (χ0) is 17.5. The molecule has 0 N–H and O–H groups in total. The van der Waals surface area contributed by atoms with E-state index in [1.807, 2.05) is 13.8 Å². The second-order valence-corrected chi connectivity index (χ2v) is 9.33. The molecule has 0 unspecified atom stereocenters. The third-order valence-corrected chi connectivity index (χ3v) is 6.65. The molecule has 0 heterocycles. The van der Waals surface area contributed by atoms with Crippen LogP contribution in [0.15, 0.2) is 0 Å². The number of rotatable bonds is 7. The summed E-state index contributed by atoms with van der Waals surface area (Å²) in [6.45, 7) is 13.0. The fourth-order valence-electron chi connectivity index (χ4n) is 4.55. The van der Waals surface area contributed by atoms with Crippen LogP contribution in [0.2, 0.25) is 0 Å². The first-order chi connectivity index (χ1) is 10.5. The molecule has 2 saturated carbocycles. The Hall–Kier alpha value is -0.610. The first kappa shape index (κ1) is 18.7. The van der Waals surface area contributed by atoms with Gasteiger partial charge in [-0.05, 0) is 49.9 Å². The lowest BCUT2D eigenvalue weighted by Gasteiger charge is -2.39. The molecule has 2 aliphatic carbocycles. The summed E-state index contributed by atoms with van der Waals surface area (Å²) in [5.41, 5.74) is 0.703. The van der Waals surface area contributed by atoms with Crippen LogP contribution in [-0.4, -0.2) is 56.5 Å². The van der Waals surface area contributed by atoms with Gasteiger partial charge in [-0.25, -0.2) is 4.79 Å². The van der Waals surface area contributed by atoms with Gasteiger partial charge in [0.15, 0.2) is 6.54 Å². The van der Waals surface area contributed by atoms with Gasteiger partial charge in [-0.1, -0.05) is 20.8 Å². The number of carbonyl (C=O) groups is 1. The van der Waals surface area contributed by atoms with Gasteiger partial charge >= 0.3 is 5.97 Å². The minimum absolute atomic E-state index is 0.0463. The molecule has 23 heavy (non-hydrogen) atoms. The van der Waals surface area contributed by atoms with E-state index in [0.29, 0.717) is 34.6 Å². The SMILES string of the molecule is CC(C)OC(=O)C[N+](C)(C)CCO[C@@H]1C[C@H]2CC[C@]1(C)C2(C)C. The van der Waals surface area contributed by atoms with Crippen LogP contribution >= 0.6 is 0 Å². The third-order valence-electron chi connectivity index (χ3n) is 6.65. The molecule has 134 valence electrons. The first-order valence-electron chi connectivity index (χ1n) is 9.11. The van der Waals surface area contributed by atoms with Crippen LogP contribution in [0.25, 0.3) is 0 Å². The maximum absolute atomic E-state index is 11.9. The topological polar surface area (TPSA) is 35.5 Å². The number of ether oxygens (including phenoxy) is 2. The van der Waals surface area contributed by atoms with E-state index in [1.165, 1.54) is 19.3 Å². The van der Waals surface area contributed by atoms with Crippen molar-refractivity contribution in [1.82, 2.24) is 0 Å². The van der Waals surface area contributed by atoms with Crippen molar-refractivity contribution >= 4 is 5.97 Å². The highest BCUT2D eigenvalue weighted by molar-refractivity contribution is 5.70. The number of nitrogens with zero attached hydrogens (tertiary/aromatic N) is 1. The van der Waals surface area contributed by atoms with E-state index in [9.17, 15) is 4.79 Å². The van der Waals surface area contributed by atoms with Crippen molar-refractivity contribution in [3.05, 3.63) is 0 Å². The predicted octanol–water partition coefficient (Wildman–Crippen LogP) is 3.25. The second-order valence-electron chi connectivity index (χ2n) is 9.33. The van der Waals surface area contributed by atoms with Gasteiger partial charge < -0.3 is 14.0 Å². The number of likely N-dealkylation sites (N-methyl/N-ethyl adjacent to an activating group) is 1. The molecule has 0 saturated heterocycles. The van der Waals surface area contributed by atoms with Gasteiger partial charge in [0, 0.05) is 0 Å².